The van der Waals surface area contributed by atoms with E-state index < -0.39 is 18.8 Å². The van der Waals surface area contributed by atoms with Crippen LogP contribution in [-0.2, 0) is 0 Å². The first-order valence-corrected chi connectivity index (χ1v) is 7.50. The number of aryl methyl sites for hydroxylation is 1. The standard InChI is InChI=1S/C14H21F3N4O2/c1-3-23-12-8-10(2)18-13(19-12)21-6-4-20(5-7-21)9-11(22)14(15,16)17/h8,11,22H,3-7,9H2,1-2H3/t11-/m0/s1. The number of aliphatic hydroxyl groups is 1. The summed E-state index contributed by atoms with van der Waals surface area (Å²) in [5, 5.41) is 9.13. The molecule has 1 N–H and O–H groups in total. The second kappa shape index (κ2) is 7.31. The van der Waals surface area contributed by atoms with Gasteiger partial charge in [-0.25, -0.2) is 4.98 Å². The molecule has 0 saturated carbocycles. The van der Waals surface area contributed by atoms with E-state index in [1.54, 1.807) is 11.0 Å². The molecule has 0 aromatic carbocycles. The van der Waals surface area contributed by atoms with Crippen LogP contribution in [0, 0.1) is 6.92 Å². The zero-order valence-corrected chi connectivity index (χ0v) is 13.2. The number of β-amino-alcohol motifs (C(OH)–C–C–N with tert-alkyl or cyclic N) is 1. The number of halogens is 3. The Morgan fingerprint density at radius 2 is 1.91 bits per heavy atom. The van der Waals surface area contributed by atoms with E-state index in [1.807, 2.05) is 18.7 Å². The maximum Gasteiger partial charge on any atom is 0.415 e. The van der Waals surface area contributed by atoms with Gasteiger partial charge in [-0.1, -0.05) is 0 Å². The highest BCUT2D eigenvalue weighted by Crippen LogP contribution is 2.22. The molecule has 6 nitrogen and oxygen atoms in total. The van der Waals surface area contributed by atoms with Crippen molar-refractivity contribution in [1.82, 2.24) is 14.9 Å². The van der Waals surface area contributed by atoms with Crippen molar-refractivity contribution in [1.29, 1.82) is 0 Å². The number of aromatic nitrogens is 2. The molecule has 9 heteroatoms. The Labute approximate surface area is 132 Å². The van der Waals surface area contributed by atoms with E-state index in [0.29, 0.717) is 44.6 Å². The molecule has 0 radical (unpaired) electrons. The number of nitrogens with zero attached hydrogens (tertiary/aromatic N) is 4. The Hall–Kier alpha value is -1.61. The maximum absolute atomic E-state index is 12.4. The van der Waals surface area contributed by atoms with E-state index in [2.05, 4.69) is 9.97 Å². The number of hydrogen-bond donors (Lipinski definition) is 1. The number of piperazine rings is 1. The molecule has 1 fully saturated rings. The fourth-order valence-electron chi connectivity index (χ4n) is 2.37. The van der Waals surface area contributed by atoms with E-state index in [4.69, 9.17) is 9.84 Å². The molecule has 1 atom stereocenters. The van der Waals surface area contributed by atoms with Crippen LogP contribution in [0.4, 0.5) is 19.1 Å². The SMILES string of the molecule is CCOc1cc(C)nc(N2CCN(C[C@H](O)C(F)(F)F)CC2)n1. The Kier molecular flexibility index (Phi) is 5.64. The van der Waals surface area contributed by atoms with E-state index >= 15 is 0 Å². The van der Waals surface area contributed by atoms with Crippen LogP contribution in [0.15, 0.2) is 6.07 Å². The van der Waals surface area contributed by atoms with Gasteiger partial charge in [0.2, 0.25) is 11.8 Å². The molecular formula is C14H21F3N4O2. The van der Waals surface area contributed by atoms with Crippen LogP contribution in [-0.4, -0.2) is 71.6 Å². The molecular weight excluding hydrogens is 313 g/mol. The molecule has 0 spiro atoms. The lowest BCUT2D eigenvalue weighted by Gasteiger charge is -2.35. The minimum atomic E-state index is -4.58. The van der Waals surface area contributed by atoms with Crippen LogP contribution in [0.5, 0.6) is 5.88 Å². The Morgan fingerprint density at radius 3 is 2.48 bits per heavy atom. The van der Waals surface area contributed by atoms with Crippen molar-refractivity contribution in [3.8, 4) is 5.88 Å². The lowest BCUT2D eigenvalue weighted by atomic mass is 10.2. The number of anilines is 1. The Morgan fingerprint density at radius 1 is 1.26 bits per heavy atom. The van der Waals surface area contributed by atoms with E-state index in [-0.39, 0.29) is 0 Å². The second-order valence-electron chi connectivity index (χ2n) is 5.43. The van der Waals surface area contributed by atoms with Gasteiger partial charge in [0.25, 0.3) is 0 Å². The molecule has 0 amide bonds. The maximum atomic E-state index is 12.4. The molecule has 0 unspecified atom stereocenters. The van der Waals surface area contributed by atoms with Crippen molar-refractivity contribution in [2.24, 2.45) is 0 Å². The van der Waals surface area contributed by atoms with Gasteiger partial charge in [0.1, 0.15) is 0 Å². The normalized spacial score (nSPS) is 18.1. The highest BCUT2D eigenvalue weighted by Gasteiger charge is 2.39. The summed E-state index contributed by atoms with van der Waals surface area (Å²) in [6.07, 6.45) is -6.89. The molecule has 1 aliphatic rings. The van der Waals surface area contributed by atoms with E-state index in [1.165, 1.54) is 0 Å². The van der Waals surface area contributed by atoms with Crippen molar-refractivity contribution in [2.75, 3.05) is 44.2 Å². The summed E-state index contributed by atoms with van der Waals surface area (Å²) < 4.78 is 42.5. The monoisotopic (exact) mass is 334 g/mol. The van der Waals surface area contributed by atoms with Gasteiger partial charge in [-0.15, -0.1) is 0 Å². The van der Waals surface area contributed by atoms with Gasteiger partial charge in [0.15, 0.2) is 6.10 Å². The number of rotatable bonds is 5. The summed E-state index contributed by atoms with van der Waals surface area (Å²) >= 11 is 0. The Bertz CT molecular complexity index is 519. The zero-order chi connectivity index (χ0) is 17.0. The summed E-state index contributed by atoms with van der Waals surface area (Å²) in [4.78, 5) is 12.2. The second-order valence-corrected chi connectivity index (χ2v) is 5.43. The lowest BCUT2D eigenvalue weighted by molar-refractivity contribution is -0.208. The average Bonchev–Trinajstić information content (AvgIpc) is 2.46. The number of alkyl halides is 3. The summed E-state index contributed by atoms with van der Waals surface area (Å²) in [6, 6.07) is 1.74. The number of aliphatic hydroxyl groups excluding tert-OH is 1. The number of hydrogen-bond acceptors (Lipinski definition) is 6. The predicted octanol–water partition coefficient (Wildman–Crippen LogP) is 1.23. The predicted molar refractivity (Wildman–Crippen MR) is 78.7 cm³/mol. The van der Waals surface area contributed by atoms with Gasteiger partial charge in [-0.2, -0.15) is 18.2 Å². The van der Waals surface area contributed by atoms with Crippen LogP contribution in [0.2, 0.25) is 0 Å². The lowest BCUT2D eigenvalue weighted by Crippen LogP contribution is -2.51. The third-order valence-corrected chi connectivity index (χ3v) is 3.58. The van der Waals surface area contributed by atoms with Crippen molar-refractivity contribution in [3.63, 3.8) is 0 Å². The van der Waals surface area contributed by atoms with Gasteiger partial charge in [-0.05, 0) is 13.8 Å². The molecule has 1 saturated heterocycles. The molecule has 23 heavy (non-hydrogen) atoms. The van der Waals surface area contributed by atoms with Crippen LogP contribution < -0.4 is 9.64 Å². The molecule has 1 aromatic rings. The third-order valence-electron chi connectivity index (χ3n) is 3.58. The molecule has 2 heterocycles. The fraction of sp³-hybridized carbons (Fsp3) is 0.714. The molecule has 2 rings (SSSR count). The summed E-state index contributed by atoms with van der Waals surface area (Å²) in [5.74, 6) is 1.01. The first kappa shape index (κ1) is 17.7. The van der Waals surface area contributed by atoms with Crippen molar-refractivity contribution >= 4 is 5.95 Å². The van der Waals surface area contributed by atoms with Gasteiger partial charge in [0, 0.05) is 44.5 Å². The van der Waals surface area contributed by atoms with Gasteiger partial charge in [0.05, 0.1) is 6.61 Å². The smallest absolute Gasteiger partial charge is 0.415 e. The van der Waals surface area contributed by atoms with E-state index in [9.17, 15) is 13.2 Å². The van der Waals surface area contributed by atoms with Crippen LogP contribution in [0.25, 0.3) is 0 Å². The van der Waals surface area contributed by atoms with Crippen molar-refractivity contribution in [3.05, 3.63) is 11.8 Å². The molecule has 1 aromatic heterocycles. The summed E-state index contributed by atoms with van der Waals surface area (Å²) in [5.41, 5.74) is 0.772. The van der Waals surface area contributed by atoms with Gasteiger partial charge < -0.3 is 14.7 Å². The molecule has 0 bridgehead atoms. The fourth-order valence-corrected chi connectivity index (χ4v) is 2.37. The summed E-state index contributed by atoms with van der Waals surface area (Å²) in [6.45, 7) is 5.61. The third kappa shape index (κ3) is 4.93. The van der Waals surface area contributed by atoms with Crippen molar-refractivity contribution < 1.29 is 23.0 Å². The minimum absolute atomic E-state index is 0.407. The first-order valence-electron chi connectivity index (χ1n) is 7.50. The number of ether oxygens (including phenoxy) is 1. The highest BCUT2D eigenvalue weighted by atomic mass is 19.4. The minimum Gasteiger partial charge on any atom is -0.478 e. The van der Waals surface area contributed by atoms with Crippen molar-refractivity contribution in [2.45, 2.75) is 26.1 Å². The van der Waals surface area contributed by atoms with Crippen LogP contribution in [0.1, 0.15) is 12.6 Å². The first-order chi connectivity index (χ1) is 10.8. The molecule has 1 aliphatic heterocycles. The zero-order valence-electron chi connectivity index (χ0n) is 13.2. The molecule has 130 valence electrons. The van der Waals surface area contributed by atoms with E-state index in [0.717, 1.165) is 5.69 Å². The Balaban J connectivity index is 1.94. The topological polar surface area (TPSA) is 61.7 Å². The molecule has 0 aliphatic carbocycles. The average molecular weight is 334 g/mol. The highest BCUT2D eigenvalue weighted by molar-refractivity contribution is 5.35. The quantitative estimate of drug-likeness (QED) is 0.874. The van der Waals surface area contributed by atoms with Gasteiger partial charge in [-0.3, -0.25) is 4.90 Å². The van der Waals surface area contributed by atoms with Gasteiger partial charge >= 0.3 is 6.18 Å². The van der Waals surface area contributed by atoms with Crippen LogP contribution in [0.3, 0.4) is 0 Å². The largest absolute Gasteiger partial charge is 0.478 e. The van der Waals surface area contributed by atoms with Crippen LogP contribution >= 0.6 is 0 Å². The summed E-state index contributed by atoms with van der Waals surface area (Å²) in [7, 11) is 0.